The number of carbonyl (C=O) groups is 2. The third-order valence-corrected chi connectivity index (χ3v) is 2.09. The molecule has 0 aliphatic carbocycles. The number of amides is 1. The number of carboxylic acids is 1. The van der Waals surface area contributed by atoms with Gasteiger partial charge in [-0.15, -0.1) is 0 Å². The van der Waals surface area contributed by atoms with Crippen molar-refractivity contribution in [1.82, 2.24) is 5.32 Å². The molecule has 6 heteroatoms. The maximum absolute atomic E-state index is 11.3. The fourth-order valence-electron chi connectivity index (χ4n) is 0.889. The van der Waals surface area contributed by atoms with Gasteiger partial charge in [-0.2, -0.15) is 0 Å². The van der Waals surface area contributed by atoms with Gasteiger partial charge < -0.3 is 21.3 Å². The maximum Gasteiger partial charge on any atom is 0.328 e. The summed E-state index contributed by atoms with van der Waals surface area (Å²) < 4.78 is 0. The van der Waals surface area contributed by atoms with E-state index in [0.717, 1.165) is 0 Å². The minimum Gasteiger partial charge on any atom is -0.480 e. The fourth-order valence-corrected chi connectivity index (χ4v) is 0.889. The lowest BCUT2D eigenvalue weighted by atomic mass is 10.0. The van der Waals surface area contributed by atoms with E-state index in [2.05, 4.69) is 5.32 Å². The van der Waals surface area contributed by atoms with Crippen LogP contribution in [0.2, 0.25) is 0 Å². The summed E-state index contributed by atoms with van der Waals surface area (Å²) in [5, 5.41) is 19.4. The van der Waals surface area contributed by atoms with Crippen molar-refractivity contribution in [2.75, 3.05) is 6.61 Å². The van der Waals surface area contributed by atoms with Crippen LogP contribution in [0.5, 0.6) is 0 Å². The molecule has 0 spiro atoms. The van der Waals surface area contributed by atoms with Crippen LogP contribution in [0, 0.1) is 5.92 Å². The predicted molar refractivity (Wildman–Crippen MR) is 54.1 cm³/mol. The zero-order chi connectivity index (χ0) is 12.0. The summed E-state index contributed by atoms with van der Waals surface area (Å²) in [6.07, 6.45) is 0.0570. The van der Waals surface area contributed by atoms with Crippen LogP contribution >= 0.6 is 0 Å². The van der Waals surface area contributed by atoms with Gasteiger partial charge in [0.25, 0.3) is 0 Å². The molecule has 0 heterocycles. The second-order valence-corrected chi connectivity index (χ2v) is 3.75. The van der Waals surface area contributed by atoms with E-state index in [9.17, 15) is 9.59 Å². The van der Waals surface area contributed by atoms with Gasteiger partial charge in [-0.05, 0) is 5.92 Å². The average Bonchev–Trinajstić information content (AvgIpc) is 2.13. The van der Waals surface area contributed by atoms with Crippen molar-refractivity contribution in [3.63, 3.8) is 0 Å². The predicted octanol–water partition coefficient (Wildman–Crippen LogP) is -1.08. The molecular formula is C9H18N2O4. The summed E-state index contributed by atoms with van der Waals surface area (Å²) in [6, 6.07) is -1.56. The lowest BCUT2D eigenvalue weighted by Gasteiger charge is -2.17. The van der Waals surface area contributed by atoms with Crippen molar-refractivity contribution in [3.8, 4) is 0 Å². The molecule has 2 unspecified atom stereocenters. The van der Waals surface area contributed by atoms with Crippen LogP contribution < -0.4 is 11.1 Å². The first-order valence-electron chi connectivity index (χ1n) is 4.77. The van der Waals surface area contributed by atoms with Crippen LogP contribution in [0.15, 0.2) is 0 Å². The highest BCUT2D eigenvalue weighted by molar-refractivity contribution is 5.83. The Morgan fingerprint density at radius 1 is 1.40 bits per heavy atom. The second-order valence-electron chi connectivity index (χ2n) is 3.75. The van der Waals surface area contributed by atoms with Crippen molar-refractivity contribution in [3.05, 3.63) is 0 Å². The molecule has 0 aliphatic rings. The van der Waals surface area contributed by atoms with Gasteiger partial charge in [0.1, 0.15) is 6.04 Å². The number of hydrogen-bond acceptors (Lipinski definition) is 4. The summed E-state index contributed by atoms with van der Waals surface area (Å²) in [5.74, 6) is -1.57. The molecular weight excluding hydrogens is 200 g/mol. The minimum absolute atomic E-state index is 0.0570. The summed E-state index contributed by atoms with van der Waals surface area (Å²) in [7, 11) is 0. The number of aliphatic hydroxyl groups excluding tert-OH is 1. The van der Waals surface area contributed by atoms with Crippen molar-refractivity contribution >= 4 is 11.9 Å². The molecule has 0 saturated carbocycles. The van der Waals surface area contributed by atoms with E-state index in [1.807, 2.05) is 13.8 Å². The van der Waals surface area contributed by atoms with Gasteiger partial charge in [0.15, 0.2) is 0 Å². The van der Waals surface area contributed by atoms with Crippen molar-refractivity contribution in [2.24, 2.45) is 11.7 Å². The third kappa shape index (κ3) is 5.34. The van der Waals surface area contributed by atoms with E-state index in [0.29, 0.717) is 0 Å². The number of carboxylic acid groups (broad SMARTS) is 1. The molecule has 0 fully saturated rings. The van der Waals surface area contributed by atoms with E-state index in [1.54, 1.807) is 0 Å². The monoisotopic (exact) mass is 218 g/mol. The number of hydrogen-bond donors (Lipinski definition) is 4. The molecule has 1 amide bonds. The molecule has 5 N–H and O–H groups in total. The highest BCUT2D eigenvalue weighted by atomic mass is 16.4. The highest BCUT2D eigenvalue weighted by Crippen LogP contribution is 2.02. The molecule has 0 aromatic heterocycles. The highest BCUT2D eigenvalue weighted by Gasteiger charge is 2.20. The quantitative estimate of drug-likeness (QED) is 0.453. The standard InChI is InChI=1S/C9H18N2O4/c1-5(2)6(10)3-8(13)11-7(4-12)9(14)15/h5-7,12H,3-4,10H2,1-2H3,(H,11,13)(H,14,15). The number of nitrogens with two attached hydrogens (primary N) is 1. The van der Waals surface area contributed by atoms with E-state index in [1.165, 1.54) is 0 Å². The second kappa shape index (κ2) is 6.36. The van der Waals surface area contributed by atoms with Gasteiger partial charge in [0.05, 0.1) is 6.61 Å². The normalized spacial score (nSPS) is 14.7. The largest absolute Gasteiger partial charge is 0.480 e. The fraction of sp³-hybridized carbons (Fsp3) is 0.778. The zero-order valence-corrected chi connectivity index (χ0v) is 8.93. The first-order chi connectivity index (χ1) is 6.88. The molecule has 0 radical (unpaired) electrons. The van der Waals surface area contributed by atoms with Gasteiger partial charge >= 0.3 is 5.97 Å². The lowest BCUT2D eigenvalue weighted by molar-refractivity contribution is -0.143. The van der Waals surface area contributed by atoms with Crippen molar-refractivity contribution in [1.29, 1.82) is 0 Å². The van der Waals surface area contributed by atoms with Gasteiger partial charge in [-0.25, -0.2) is 4.79 Å². The lowest BCUT2D eigenvalue weighted by Crippen LogP contribution is -2.45. The first-order valence-corrected chi connectivity index (χ1v) is 4.77. The Bertz CT molecular complexity index is 230. The number of rotatable bonds is 6. The Morgan fingerprint density at radius 2 is 1.93 bits per heavy atom. The Hall–Kier alpha value is -1.14. The molecule has 0 aliphatic heterocycles. The minimum atomic E-state index is -1.26. The van der Waals surface area contributed by atoms with Crippen LogP contribution in [-0.4, -0.2) is 40.8 Å². The Labute approximate surface area is 88.5 Å². The molecule has 2 atom stereocenters. The topological polar surface area (TPSA) is 113 Å². The summed E-state index contributed by atoms with van der Waals surface area (Å²) in [5.41, 5.74) is 5.64. The SMILES string of the molecule is CC(C)C(N)CC(=O)NC(CO)C(=O)O. The third-order valence-electron chi connectivity index (χ3n) is 2.09. The van der Waals surface area contributed by atoms with Crippen LogP contribution in [0.3, 0.4) is 0 Å². The molecule has 0 rings (SSSR count). The number of aliphatic hydroxyl groups is 1. The number of nitrogens with one attached hydrogen (secondary N) is 1. The molecule has 88 valence electrons. The van der Waals surface area contributed by atoms with Crippen LogP contribution in [-0.2, 0) is 9.59 Å². The number of carbonyl (C=O) groups excluding carboxylic acids is 1. The Balaban J connectivity index is 4.07. The zero-order valence-electron chi connectivity index (χ0n) is 8.93. The van der Waals surface area contributed by atoms with Gasteiger partial charge in [-0.1, -0.05) is 13.8 Å². The molecule has 0 aromatic rings. The first kappa shape index (κ1) is 13.9. The van der Waals surface area contributed by atoms with Gasteiger partial charge in [0, 0.05) is 12.5 Å². The molecule has 0 bridgehead atoms. The maximum atomic E-state index is 11.3. The summed E-state index contributed by atoms with van der Waals surface area (Å²) in [6.45, 7) is 3.12. The van der Waals surface area contributed by atoms with Crippen LogP contribution in [0.4, 0.5) is 0 Å². The Morgan fingerprint density at radius 3 is 2.27 bits per heavy atom. The van der Waals surface area contributed by atoms with Crippen molar-refractivity contribution in [2.45, 2.75) is 32.4 Å². The molecule has 15 heavy (non-hydrogen) atoms. The van der Waals surface area contributed by atoms with Crippen molar-refractivity contribution < 1.29 is 19.8 Å². The summed E-state index contributed by atoms with van der Waals surface area (Å²) in [4.78, 5) is 21.7. The van der Waals surface area contributed by atoms with Gasteiger partial charge in [0.2, 0.25) is 5.91 Å². The van der Waals surface area contributed by atoms with E-state index < -0.39 is 24.5 Å². The summed E-state index contributed by atoms with van der Waals surface area (Å²) >= 11 is 0. The van der Waals surface area contributed by atoms with Gasteiger partial charge in [-0.3, -0.25) is 4.79 Å². The molecule has 0 saturated heterocycles. The average molecular weight is 218 g/mol. The van der Waals surface area contributed by atoms with Crippen LogP contribution in [0.25, 0.3) is 0 Å². The molecule has 0 aromatic carbocycles. The Kier molecular flexibility index (Phi) is 5.88. The smallest absolute Gasteiger partial charge is 0.328 e. The number of aliphatic carboxylic acids is 1. The van der Waals surface area contributed by atoms with E-state index in [-0.39, 0.29) is 18.4 Å². The molecule has 6 nitrogen and oxygen atoms in total. The van der Waals surface area contributed by atoms with E-state index in [4.69, 9.17) is 15.9 Å². The van der Waals surface area contributed by atoms with Crippen LogP contribution in [0.1, 0.15) is 20.3 Å². The van der Waals surface area contributed by atoms with E-state index >= 15 is 0 Å².